The maximum atomic E-state index is 13.1. The lowest BCUT2D eigenvalue weighted by Gasteiger charge is -2.14. The molecule has 31 heavy (non-hydrogen) atoms. The van der Waals surface area contributed by atoms with Gasteiger partial charge in [-0.15, -0.1) is 0 Å². The Bertz CT molecular complexity index is 1380. The number of aryl methyl sites for hydroxylation is 3. The van der Waals surface area contributed by atoms with Gasteiger partial charge in [0.05, 0.1) is 11.1 Å². The zero-order valence-electron chi connectivity index (χ0n) is 17.6. The zero-order chi connectivity index (χ0) is 22.1. The minimum Gasteiger partial charge on any atom is -0.324 e. The van der Waals surface area contributed by atoms with E-state index in [2.05, 4.69) is 32.4 Å². The fraction of sp³-hybridized carbons (Fsp3) is 0.160. The van der Waals surface area contributed by atoms with E-state index in [1.54, 1.807) is 6.07 Å². The van der Waals surface area contributed by atoms with Crippen molar-refractivity contribution in [1.29, 1.82) is 0 Å². The van der Waals surface area contributed by atoms with Crippen molar-refractivity contribution in [3.8, 4) is 11.3 Å². The molecule has 4 aromatic rings. The number of hydrogen-bond donors (Lipinski definition) is 1. The summed E-state index contributed by atoms with van der Waals surface area (Å²) in [4.78, 5) is 25.8. The van der Waals surface area contributed by atoms with Gasteiger partial charge in [0, 0.05) is 21.1 Å². The van der Waals surface area contributed by atoms with Crippen LogP contribution in [0.4, 0.5) is 5.69 Å². The van der Waals surface area contributed by atoms with Crippen LogP contribution in [-0.4, -0.2) is 15.7 Å². The monoisotopic (exact) mass is 475 g/mol. The van der Waals surface area contributed by atoms with Gasteiger partial charge in [0.2, 0.25) is 5.91 Å². The second-order valence-electron chi connectivity index (χ2n) is 7.69. The summed E-state index contributed by atoms with van der Waals surface area (Å²) in [6.45, 7) is 5.82. The lowest BCUT2D eigenvalue weighted by Crippen LogP contribution is -2.30. The summed E-state index contributed by atoms with van der Waals surface area (Å²) in [6, 6.07) is 19.1. The molecule has 1 amide bonds. The Morgan fingerprint density at radius 1 is 0.968 bits per heavy atom. The minimum absolute atomic E-state index is 0.170. The first kappa shape index (κ1) is 21.0. The number of aromatic nitrogens is 2. The van der Waals surface area contributed by atoms with Crippen molar-refractivity contribution in [1.82, 2.24) is 9.78 Å². The van der Waals surface area contributed by atoms with Crippen molar-refractivity contribution in [2.24, 2.45) is 0 Å². The van der Waals surface area contributed by atoms with Gasteiger partial charge in [-0.2, -0.15) is 5.10 Å². The maximum Gasteiger partial charge on any atom is 0.275 e. The standard InChI is InChI=1S/C25H22BrN3O2/c1-15-8-9-16(2)21(12-15)24-19-6-4-5-7-20(19)25(31)29(28-24)14-23(30)27-18-10-11-22(26)17(3)13-18/h4-13H,14H2,1-3H3,(H,27,30). The Morgan fingerprint density at radius 2 is 1.71 bits per heavy atom. The third-order valence-corrected chi connectivity index (χ3v) is 6.14. The molecule has 0 spiro atoms. The number of amides is 1. The number of hydrogen-bond acceptors (Lipinski definition) is 3. The number of benzene rings is 3. The average molecular weight is 476 g/mol. The van der Waals surface area contributed by atoms with E-state index in [1.807, 2.05) is 69.3 Å². The Balaban J connectivity index is 1.77. The lowest BCUT2D eigenvalue weighted by atomic mass is 9.99. The van der Waals surface area contributed by atoms with Crippen molar-refractivity contribution < 1.29 is 4.79 Å². The van der Waals surface area contributed by atoms with E-state index in [4.69, 9.17) is 0 Å². The highest BCUT2D eigenvalue weighted by molar-refractivity contribution is 9.10. The number of nitrogens with zero attached hydrogens (tertiary/aromatic N) is 2. The fourth-order valence-corrected chi connectivity index (χ4v) is 3.84. The SMILES string of the molecule is Cc1ccc(C)c(-c2nn(CC(=O)Nc3ccc(Br)c(C)c3)c(=O)c3ccccc23)c1. The van der Waals surface area contributed by atoms with Crippen LogP contribution in [0.1, 0.15) is 16.7 Å². The molecular formula is C25H22BrN3O2. The van der Waals surface area contributed by atoms with Crippen LogP contribution < -0.4 is 10.9 Å². The fourth-order valence-electron chi connectivity index (χ4n) is 3.59. The topological polar surface area (TPSA) is 64.0 Å². The van der Waals surface area contributed by atoms with Crippen LogP contribution in [0.5, 0.6) is 0 Å². The number of fused-ring (bicyclic) bond motifs is 1. The van der Waals surface area contributed by atoms with Gasteiger partial charge in [-0.1, -0.05) is 51.8 Å². The molecule has 0 aliphatic carbocycles. The first-order chi connectivity index (χ1) is 14.8. The van der Waals surface area contributed by atoms with Crippen LogP contribution >= 0.6 is 15.9 Å². The van der Waals surface area contributed by atoms with Crippen LogP contribution in [0.2, 0.25) is 0 Å². The van der Waals surface area contributed by atoms with Gasteiger partial charge in [0.25, 0.3) is 5.56 Å². The molecule has 1 heterocycles. The molecule has 0 saturated carbocycles. The van der Waals surface area contributed by atoms with E-state index in [0.29, 0.717) is 16.8 Å². The Hall–Kier alpha value is -3.25. The minimum atomic E-state index is -0.307. The van der Waals surface area contributed by atoms with Gasteiger partial charge in [-0.25, -0.2) is 4.68 Å². The summed E-state index contributed by atoms with van der Waals surface area (Å²) in [5.41, 5.74) is 5.21. The summed E-state index contributed by atoms with van der Waals surface area (Å²) in [6.07, 6.45) is 0. The van der Waals surface area contributed by atoms with E-state index in [9.17, 15) is 9.59 Å². The van der Waals surface area contributed by atoms with Crippen LogP contribution in [0.15, 0.2) is 69.9 Å². The molecule has 0 radical (unpaired) electrons. The molecule has 0 aliphatic heterocycles. The van der Waals surface area contributed by atoms with Crippen LogP contribution in [-0.2, 0) is 11.3 Å². The number of carbonyl (C=O) groups is 1. The van der Waals surface area contributed by atoms with Crippen molar-refractivity contribution in [2.45, 2.75) is 27.3 Å². The first-order valence-corrected chi connectivity index (χ1v) is 10.8. The molecular weight excluding hydrogens is 454 g/mol. The van der Waals surface area contributed by atoms with E-state index in [0.717, 1.165) is 32.1 Å². The highest BCUT2D eigenvalue weighted by atomic mass is 79.9. The number of anilines is 1. The third-order valence-electron chi connectivity index (χ3n) is 5.25. The largest absolute Gasteiger partial charge is 0.324 e. The first-order valence-electron chi connectivity index (χ1n) is 9.97. The van der Waals surface area contributed by atoms with Crippen molar-refractivity contribution >= 4 is 38.3 Å². The quantitative estimate of drug-likeness (QED) is 0.430. The normalized spacial score (nSPS) is 11.0. The molecule has 1 aromatic heterocycles. The molecule has 0 fully saturated rings. The Labute approximate surface area is 188 Å². The average Bonchev–Trinajstić information content (AvgIpc) is 2.75. The summed E-state index contributed by atoms with van der Waals surface area (Å²) in [5, 5.41) is 8.80. The van der Waals surface area contributed by atoms with Crippen molar-refractivity contribution in [3.63, 3.8) is 0 Å². The van der Waals surface area contributed by atoms with E-state index < -0.39 is 0 Å². The van der Waals surface area contributed by atoms with Crippen LogP contribution in [0.25, 0.3) is 22.0 Å². The molecule has 0 saturated heterocycles. The summed E-state index contributed by atoms with van der Waals surface area (Å²) >= 11 is 3.45. The molecule has 0 unspecified atom stereocenters. The van der Waals surface area contributed by atoms with E-state index >= 15 is 0 Å². The van der Waals surface area contributed by atoms with Gasteiger partial charge in [0.15, 0.2) is 0 Å². The number of rotatable bonds is 4. The molecule has 0 atom stereocenters. The molecule has 3 aromatic carbocycles. The van der Waals surface area contributed by atoms with Gasteiger partial charge in [-0.05, 0) is 62.2 Å². The zero-order valence-corrected chi connectivity index (χ0v) is 19.2. The van der Waals surface area contributed by atoms with E-state index in [-0.39, 0.29) is 18.0 Å². The summed E-state index contributed by atoms with van der Waals surface area (Å²) < 4.78 is 2.22. The lowest BCUT2D eigenvalue weighted by molar-refractivity contribution is -0.117. The highest BCUT2D eigenvalue weighted by Gasteiger charge is 2.16. The summed E-state index contributed by atoms with van der Waals surface area (Å²) in [5.74, 6) is -0.307. The molecule has 5 nitrogen and oxygen atoms in total. The maximum absolute atomic E-state index is 13.1. The van der Waals surface area contributed by atoms with Gasteiger partial charge in [-0.3, -0.25) is 9.59 Å². The van der Waals surface area contributed by atoms with Gasteiger partial charge >= 0.3 is 0 Å². The molecule has 0 bridgehead atoms. The molecule has 1 N–H and O–H groups in total. The molecule has 0 aliphatic rings. The smallest absolute Gasteiger partial charge is 0.275 e. The van der Waals surface area contributed by atoms with Crippen LogP contribution in [0, 0.1) is 20.8 Å². The highest BCUT2D eigenvalue weighted by Crippen LogP contribution is 2.28. The predicted octanol–water partition coefficient (Wildman–Crippen LogP) is 5.39. The third kappa shape index (κ3) is 4.30. The molecule has 6 heteroatoms. The predicted molar refractivity (Wildman–Crippen MR) is 128 cm³/mol. The van der Waals surface area contributed by atoms with E-state index in [1.165, 1.54) is 4.68 Å². The number of halogens is 1. The van der Waals surface area contributed by atoms with Crippen LogP contribution in [0.3, 0.4) is 0 Å². The molecule has 156 valence electrons. The Morgan fingerprint density at radius 3 is 2.45 bits per heavy atom. The second kappa shape index (κ2) is 8.47. The number of nitrogens with one attached hydrogen (secondary N) is 1. The summed E-state index contributed by atoms with van der Waals surface area (Å²) in [7, 11) is 0. The van der Waals surface area contributed by atoms with Gasteiger partial charge < -0.3 is 5.32 Å². The second-order valence-corrected chi connectivity index (χ2v) is 8.54. The number of carbonyl (C=O) groups excluding carboxylic acids is 1. The van der Waals surface area contributed by atoms with Gasteiger partial charge in [0.1, 0.15) is 6.54 Å². The molecule has 4 rings (SSSR count). The van der Waals surface area contributed by atoms with Crippen molar-refractivity contribution in [2.75, 3.05) is 5.32 Å². The van der Waals surface area contributed by atoms with Crippen molar-refractivity contribution in [3.05, 3.63) is 92.2 Å². The Kier molecular flexibility index (Phi) is 5.74.